The molecule has 1 aliphatic rings. The first-order valence-electron chi connectivity index (χ1n) is 4.75. The third-order valence-electron chi connectivity index (χ3n) is 2.48. The molecule has 122 valence electrons. The van der Waals surface area contributed by atoms with Gasteiger partial charge in [-0.15, -0.1) is 0 Å². The lowest BCUT2D eigenvalue weighted by molar-refractivity contribution is -0.166. The molecule has 0 fully saturated rings. The van der Waals surface area contributed by atoms with E-state index in [4.69, 9.17) is 0 Å². The van der Waals surface area contributed by atoms with Crippen molar-refractivity contribution in [2.24, 2.45) is 5.92 Å². The van der Waals surface area contributed by atoms with Gasteiger partial charge in [0.15, 0.2) is 0 Å². The summed E-state index contributed by atoms with van der Waals surface area (Å²) in [5.41, 5.74) is -4.01. The lowest BCUT2D eigenvalue weighted by Gasteiger charge is -2.34. The van der Waals surface area contributed by atoms with Crippen LogP contribution in [0.2, 0.25) is 0 Å². The first kappa shape index (κ1) is 19.3. The van der Waals surface area contributed by atoms with Crippen LogP contribution in [0.15, 0.2) is 20.1 Å². The van der Waals surface area contributed by atoms with Crippen molar-refractivity contribution >= 4 is 47.8 Å². The number of allylic oxidation sites excluding steroid dienone is 4. The van der Waals surface area contributed by atoms with Gasteiger partial charge in [-0.1, -0.05) is 31.9 Å². The van der Waals surface area contributed by atoms with Crippen LogP contribution >= 0.6 is 47.8 Å². The second-order valence-electron chi connectivity index (χ2n) is 3.87. The van der Waals surface area contributed by atoms with Gasteiger partial charge in [0.1, 0.15) is 5.92 Å². The molecule has 0 N–H and O–H groups in total. The first-order valence-corrected chi connectivity index (χ1v) is 7.25. The van der Waals surface area contributed by atoms with E-state index in [-0.39, 0.29) is 0 Å². The van der Waals surface area contributed by atoms with Crippen molar-refractivity contribution in [1.29, 1.82) is 0 Å². The average molecular weight is 521 g/mol. The summed E-state index contributed by atoms with van der Waals surface area (Å²) in [6, 6.07) is 0. The molecule has 2 unspecified atom stereocenters. The van der Waals surface area contributed by atoms with Crippen LogP contribution in [0, 0.1) is 5.92 Å². The second-order valence-corrected chi connectivity index (χ2v) is 6.50. The molecule has 0 saturated heterocycles. The minimum absolute atomic E-state index is 1.41. The van der Waals surface area contributed by atoms with Gasteiger partial charge >= 0.3 is 18.5 Å². The molecule has 21 heavy (non-hydrogen) atoms. The van der Waals surface area contributed by atoms with Gasteiger partial charge in [-0.2, -0.15) is 39.5 Å². The van der Waals surface area contributed by atoms with Crippen LogP contribution in [-0.2, 0) is 0 Å². The Morgan fingerprint density at radius 3 is 1.48 bits per heavy atom. The SMILES string of the molecule is FC(F)(F)C1=C(Br)C(C(F)(F)F)C(Br)C(C(F)(F)F)=C1Br. The number of halogens is 12. The monoisotopic (exact) mass is 518 g/mol. The molecule has 0 aromatic rings. The molecule has 0 nitrogen and oxygen atoms in total. The molecule has 0 bridgehead atoms. The van der Waals surface area contributed by atoms with E-state index in [1.54, 1.807) is 0 Å². The predicted octanol–water partition coefficient (Wildman–Crippen LogP) is 6.36. The molecule has 1 rings (SSSR count). The van der Waals surface area contributed by atoms with Crippen LogP contribution in [0.1, 0.15) is 0 Å². The van der Waals surface area contributed by atoms with E-state index >= 15 is 0 Å². The molecule has 12 heteroatoms. The van der Waals surface area contributed by atoms with Crippen LogP contribution < -0.4 is 0 Å². The smallest absolute Gasteiger partial charge is 0.170 e. The van der Waals surface area contributed by atoms with E-state index in [1.165, 1.54) is 0 Å². The van der Waals surface area contributed by atoms with E-state index in [2.05, 4.69) is 47.8 Å². The molecule has 0 heterocycles. The van der Waals surface area contributed by atoms with Crippen molar-refractivity contribution < 1.29 is 39.5 Å². The minimum Gasteiger partial charge on any atom is -0.170 e. The molecule has 2 atom stereocenters. The van der Waals surface area contributed by atoms with Crippen LogP contribution in [0.3, 0.4) is 0 Å². The standard InChI is InChI=1S/C9H2Br3F9/c10-4-1(7(13,14)15)5(11)3(9(19,20)21)6(12)2(4)8(16,17)18/h1,4H. The fourth-order valence-corrected chi connectivity index (χ4v) is 5.50. The van der Waals surface area contributed by atoms with E-state index in [0.717, 1.165) is 0 Å². The first-order chi connectivity index (χ1) is 9.10. The maximum absolute atomic E-state index is 12.8. The highest BCUT2D eigenvalue weighted by Gasteiger charge is 2.58. The van der Waals surface area contributed by atoms with Crippen LogP contribution in [0.5, 0.6) is 0 Å². The van der Waals surface area contributed by atoms with Crippen molar-refractivity contribution in [3.63, 3.8) is 0 Å². The van der Waals surface area contributed by atoms with Gasteiger partial charge in [0.05, 0.1) is 16.0 Å². The largest absolute Gasteiger partial charge is 0.418 e. The second kappa shape index (κ2) is 5.73. The van der Waals surface area contributed by atoms with Crippen LogP contribution in [0.4, 0.5) is 39.5 Å². The predicted molar refractivity (Wildman–Crippen MR) is 66.3 cm³/mol. The van der Waals surface area contributed by atoms with E-state index in [9.17, 15) is 39.5 Å². The highest BCUT2D eigenvalue weighted by molar-refractivity contribution is 9.12. The lowest BCUT2D eigenvalue weighted by atomic mass is 9.88. The van der Waals surface area contributed by atoms with Gasteiger partial charge in [-0.25, -0.2) is 0 Å². The Kier molecular flexibility index (Phi) is 5.28. The van der Waals surface area contributed by atoms with Gasteiger partial charge in [-0.3, -0.25) is 0 Å². The lowest BCUT2D eigenvalue weighted by Crippen LogP contribution is -2.41. The van der Waals surface area contributed by atoms with Gasteiger partial charge < -0.3 is 0 Å². The van der Waals surface area contributed by atoms with Crippen molar-refractivity contribution in [2.75, 3.05) is 0 Å². The highest BCUT2D eigenvalue weighted by Crippen LogP contribution is 2.56. The molecular formula is C9H2Br3F9. The Labute approximate surface area is 136 Å². The van der Waals surface area contributed by atoms with Crippen molar-refractivity contribution in [3.05, 3.63) is 20.1 Å². The number of alkyl halides is 10. The maximum atomic E-state index is 12.8. The number of hydrogen-bond donors (Lipinski definition) is 0. The van der Waals surface area contributed by atoms with Gasteiger partial charge in [0.25, 0.3) is 0 Å². The zero-order valence-electron chi connectivity index (χ0n) is 9.19. The summed E-state index contributed by atoms with van der Waals surface area (Å²) in [6.45, 7) is 0. The van der Waals surface area contributed by atoms with Crippen LogP contribution in [-0.4, -0.2) is 23.4 Å². The third kappa shape index (κ3) is 3.80. The maximum Gasteiger partial charge on any atom is 0.418 e. The molecule has 0 saturated carbocycles. The molecule has 0 spiro atoms. The van der Waals surface area contributed by atoms with Crippen LogP contribution in [0.25, 0.3) is 0 Å². The van der Waals surface area contributed by atoms with E-state index in [0.29, 0.717) is 0 Å². The Hall–Kier alpha value is 0.290. The zero-order valence-corrected chi connectivity index (χ0v) is 13.9. The zero-order chi connectivity index (χ0) is 17.0. The van der Waals surface area contributed by atoms with E-state index < -0.39 is 49.4 Å². The average Bonchev–Trinajstić information content (AvgIpc) is 2.07. The van der Waals surface area contributed by atoms with Gasteiger partial charge in [0, 0.05) is 8.96 Å². The molecule has 0 aromatic carbocycles. The summed E-state index contributed by atoms with van der Waals surface area (Å²) in [5.74, 6) is -3.01. The van der Waals surface area contributed by atoms with E-state index in [1.807, 2.05) is 0 Å². The quantitative estimate of drug-likeness (QED) is 0.257. The normalized spacial score (nSPS) is 25.7. The molecule has 1 aliphatic carbocycles. The summed E-state index contributed by atoms with van der Waals surface area (Å²) in [5, 5.41) is 0. The highest BCUT2D eigenvalue weighted by atomic mass is 79.9. The van der Waals surface area contributed by atoms with Crippen molar-refractivity contribution in [2.45, 2.75) is 23.4 Å². The topological polar surface area (TPSA) is 0 Å². The third-order valence-corrected chi connectivity index (χ3v) is 5.18. The van der Waals surface area contributed by atoms with Gasteiger partial charge in [-0.05, 0) is 15.9 Å². The molecule has 0 radical (unpaired) electrons. The summed E-state index contributed by atoms with van der Waals surface area (Å²) in [7, 11) is 0. The van der Waals surface area contributed by atoms with Gasteiger partial charge in [0.2, 0.25) is 0 Å². The Balaban J connectivity index is 3.72. The number of hydrogen-bond acceptors (Lipinski definition) is 0. The molecular weight excluding hydrogens is 519 g/mol. The summed E-state index contributed by atoms with van der Waals surface area (Å²) in [4.78, 5) is -2.41. The van der Waals surface area contributed by atoms with Crippen molar-refractivity contribution in [1.82, 2.24) is 0 Å². The summed E-state index contributed by atoms with van der Waals surface area (Å²) in [6.07, 6.45) is -16.1. The number of rotatable bonds is 0. The summed E-state index contributed by atoms with van der Waals surface area (Å²) >= 11 is 6.48. The Morgan fingerprint density at radius 2 is 1.19 bits per heavy atom. The fourth-order valence-electron chi connectivity index (χ4n) is 1.66. The molecule has 0 aromatic heterocycles. The Morgan fingerprint density at radius 1 is 0.762 bits per heavy atom. The molecule has 0 aliphatic heterocycles. The summed E-state index contributed by atoms with van der Waals surface area (Å²) < 4.78 is 112. The Bertz CT molecular complexity index is 494. The fraction of sp³-hybridized carbons (Fsp3) is 0.556. The minimum atomic E-state index is -5.40. The van der Waals surface area contributed by atoms with Crippen molar-refractivity contribution in [3.8, 4) is 0 Å². The molecule has 0 amide bonds.